The van der Waals surface area contributed by atoms with Crippen LogP contribution in [0.1, 0.15) is 48.8 Å². The SMILES string of the molecule is CN(C)c1ccc(CCN2CC[C@@]34CCCC[C@H]3[C@@H]2Cc2ccc(O)cc24)cc1. The van der Waals surface area contributed by atoms with Crippen LogP contribution in [0, 0.1) is 5.92 Å². The van der Waals surface area contributed by atoms with Crippen LogP contribution in [0.15, 0.2) is 42.5 Å². The number of phenols is 1. The van der Waals surface area contributed by atoms with E-state index in [-0.39, 0.29) is 0 Å². The molecule has 1 aliphatic heterocycles. The molecule has 0 spiro atoms. The van der Waals surface area contributed by atoms with E-state index in [1.165, 1.54) is 61.0 Å². The molecule has 0 amide bonds. The normalized spacial score (nSPS) is 28.5. The molecule has 2 aromatic rings. The lowest BCUT2D eigenvalue weighted by Crippen LogP contribution is -2.61. The summed E-state index contributed by atoms with van der Waals surface area (Å²) >= 11 is 0. The van der Waals surface area contributed by atoms with Gasteiger partial charge in [0.05, 0.1) is 0 Å². The molecule has 5 rings (SSSR count). The molecule has 2 aliphatic carbocycles. The molecule has 3 atom stereocenters. The Morgan fingerprint density at radius 1 is 1.07 bits per heavy atom. The van der Waals surface area contributed by atoms with Crippen molar-refractivity contribution in [3.63, 3.8) is 0 Å². The lowest BCUT2D eigenvalue weighted by molar-refractivity contribution is -0.0106. The molecule has 29 heavy (non-hydrogen) atoms. The minimum Gasteiger partial charge on any atom is -0.508 e. The number of phenolic OH excluding ortho intramolecular Hbond substituents is 1. The van der Waals surface area contributed by atoms with Gasteiger partial charge in [-0.2, -0.15) is 0 Å². The standard InChI is InChI=1S/C26H34N2O/c1-27(2)21-9-6-19(7-10-21)12-15-28-16-14-26-13-4-3-5-23(26)25(28)17-20-8-11-22(29)18-24(20)26/h6-11,18,23,25,29H,3-5,12-17H2,1-2H3/t23-,25-,26-/m0/s1. The van der Waals surface area contributed by atoms with Crippen molar-refractivity contribution in [1.82, 2.24) is 4.90 Å². The van der Waals surface area contributed by atoms with Gasteiger partial charge in [-0.05, 0) is 85.5 Å². The molecule has 3 heteroatoms. The number of rotatable bonds is 4. The predicted molar refractivity (Wildman–Crippen MR) is 120 cm³/mol. The summed E-state index contributed by atoms with van der Waals surface area (Å²) in [4.78, 5) is 4.96. The lowest BCUT2D eigenvalue weighted by atomic mass is 9.52. The lowest BCUT2D eigenvalue weighted by Gasteiger charge is -2.59. The second-order valence-electron chi connectivity index (χ2n) is 9.72. The molecule has 3 aliphatic rings. The largest absolute Gasteiger partial charge is 0.508 e. The van der Waals surface area contributed by atoms with E-state index in [9.17, 15) is 5.11 Å². The molecule has 0 aromatic heterocycles. The molecular weight excluding hydrogens is 356 g/mol. The van der Waals surface area contributed by atoms with Crippen LogP contribution in [0.25, 0.3) is 0 Å². The number of piperidine rings is 1. The van der Waals surface area contributed by atoms with Crippen molar-refractivity contribution in [2.45, 2.75) is 56.4 Å². The summed E-state index contributed by atoms with van der Waals surface area (Å²) in [6.45, 7) is 2.36. The highest BCUT2D eigenvalue weighted by Crippen LogP contribution is 2.56. The highest BCUT2D eigenvalue weighted by Gasteiger charge is 2.53. The zero-order valence-corrected chi connectivity index (χ0v) is 17.9. The predicted octanol–water partition coefficient (Wildman–Crippen LogP) is 4.76. The first-order valence-corrected chi connectivity index (χ1v) is 11.4. The number of aromatic hydroxyl groups is 1. The number of nitrogens with zero attached hydrogens (tertiary/aromatic N) is 2. The van der Waals surface area contributed by atoms with Crippen molar-refractivity contribution in [2.75, 3.05) is 32.1 Å². The van der Waals surface area contributed by atoms with Gasteiger partial charge in [0.2, 0.25) is 0 Å². The fourth-order valence-corrected chi connectivity index (χ4v) is 6.58. The number of anilines is 1. The quantitative estimate of drug-likeness (QED) is 0.815. The Morgan fingerprint density at radius 3 is 2.69 bits per heavy atom. The van der Waals surface area contributed by atoms with Crippen LogP contribution in [0.3, 0.4) is 0 Å². The van der Waals surface area contributed by atoms with Crippen molar-refractivity contribution >= 4 is 5.69 Å². The van der Waals surface area contributed by atoms with Crippen molar-refractivity contribution in [2.24, 2.45) is 5.92 Å². The minimum absolute atomic E-state index is 0.319. The highest BCUT2D eigenvalue weighted by molar-refractivity contribution is 5.46. The molecule has 2 aromatic carbocycles. The first-order valence-electron chi connectivity index (χ1n) is 11.4. The Morgan fingerprint density at radius 2 is 1.90 bits per heavy atom. The van der Waals surface area contributed by atoms with E-state index in [4.69, 9.17) is 0 Å². The fraction of sp³-hybridized carbons (Fsp3) is 0.538. The van der Waals surface area contributed by atoms with Gasteiger partial charge in [0, 0.05) is 37.8 Å². The Balaban J connectivity index is 1.37. The molecule has 2 bridgehead atoms. The second-order valence-corrected chi connectivity index (χ2v) is 9.72. The number of hydrogen-bond donors (Lipinski definition) is 1. The number of fused-ring (bicyclic) bond motifs is 1. The monoisotopic (exact) mass is 390 g/mol. The molecule has 3 nitrogen and oxygen atoms in total. The van der Waals surface area contributed by atoms with Gasteiger partial charge in [0.25, 0.3) is 0 Å². The maximum absolute atomic E-state index is 10.2. The van der Waals surface area contributed by atoms with Crippen LogP contribution in [0.4, 0.5) is 5.69 Å². The van der Waals surface area contributed by atoms with Crippen molar-refractivity contribution in [3.8, 4) is 5.75 Å². The maximum atomic E-state index is 10.2. The maximum Gasteiger partial charge on any atom is 0.115 e. The molecule has 154 valence electrons. The number of hydrogen-bond acceptors (Lipinski definition) is 3. The second kappa shape index (κ2) is 7.36. The summed E-state index contributed by atoms with van der Waals surface area (Å²) in [6, 6.07) is 15.9. The summed E-state index contributed by atoms with van der Waals surface area (Å²) in [5.41, 5.74) is 6.01. The van der Waals surface area contributed by atoms with Gasteiger partial charge in [-0.25, -0.2) is 0 Å². The van der Waals surface area contributed by atoms with Crippen LogP contribution in [0.2, 0.25) is 0 Å². The Bertz CT molecular complexity index is 875. The van der Waals surface area contributed by atoms with Gasteiger partial charge < -0.3 is 10.0 Å². The van der Waals surface area contributed by atoms with Gasteiger partial charge in [-0.3, -0.25) is 4.90 Å². The smallest absolute Gasteiger partial charge is 0.115 e. The van der Waals surface area contributed by atoms with E-state index >= 15 is 0 Å². The third kappa shape index (κ3) is 3.24. The summed E-state index contributed by atoms with van der Waals surface area (Å²) in [7, 11) is 4.19. The first kappa shape index (κ1) is 19.0. The van der Waals surface area contributed by atoms with E-state index in [0.29, 0.717) is 17.2 Å². The third-order valence-corrected chi connectivity index (χ3v) is 8.08. The average Bonchev–Trinajstić information content (AvgIpc) is 2.74. The van der Waals surface area contributed by atoms with Crippen LogP contribution in [0.5, 0.6) is 5.75 Å². The Kier molecular flexibility index (Phi) is 4.82. The first-order chi connectivity index (χ1) is 14.1. The third-order valence-electron chi connectivity index (χ3n) is 8.08. The van der Waals surface area contributed by atoms with Crippen LogP contribution in [-0.2, 0) is 18.3 Å². The summed E-state index contributed by atoms with van der Waals surface area (Å²) in [5, 5.41) is 10.2. The van der Waals surface area contributed by atoms with Gasteiger partial charge in [-0.1, -0.05) is 31.0 Å². The zero-order chi connectivity index (χ0) is 20.0. The van der Waals surface area contributed by atoms with Gasteiger partial charge >= 0.3 is 0 Å². The van der Waals surface area contributed by atoms with E-state index in [1.54, 1.807) is 0 Å². The van der Waals surface area contributed by atoms with Gasteiger partial charge in [-0.15, -0.1) is 0 Å². The van der Waals surface area contributed by atoms with Crippen molar-refractivity contribution in [3.05, 3.63) is 59.2 Å². The Labute approximate surface area is 175 Å². The molecule has 1 saturated heterocycles. The number of benzene rings is 2. The topological polar surface area (TPSA) is 26.7 Å². The molecule has 0 radical (unpaired) electrons. The van der Waals surface area contributed by atoms with Crippen LogP contribution >= 0.6 is 0 Å². The van der Waals surface area contributed by atoms with E-state index in [0.717, 1.165) is 25.3 Å². The van der Waals surface area contributed by atoms with Crippen molar-refractivity contribution < 1.29 is 5.11 Å². The summed E-state index contributed by atoms with van der Waals surface area (Å²) in [5.74, 6) is 1.21. The summed E-state index contributed by atoms with van der Waals surface area (Å²) < 4.78 is 0. The summed E-state index contributed by atoms with van der Waals surface area (Å²) in [6.07, 6.45) is 8.92. The molecule has 1 N–H and O–H groups in total. The molecule has 0 unspecified atom stereocenters. The molecular formula is C26H34N2O. The number of likely N-dealkylation sites (tertiary alicyclic amines) is 1. The fourth-order valence-electron chi connectivity index (χ4n) is 6.58. The van der Waals surface area contributed by atoms with Gasteiger partial charge in [0.1, 0.15) is 5.75 Å². The minimum atomic E-state index is 0.319. The van der Waals surface area contributed by atoms with Crippen molar-refractivity contribution in [1.29, 1.82) is 0 Å². The molecule has 1 heterocycles. The van der Waals surface area contributed by atoms with Gasteiger partial charge in [0.15, 0.2) is 0 Å². The van der Waals surface area contributed by atoms with Crippen LogP contribution < -0.4 is 4.90 Å². The van der Waals surface area contributed by atoms with E-state index in [1.807, 2.05) is 6.07 Å². The van der Waals surface area contributed by atoms with E-state index < -0.39 is 0 Å². The zero-order valence-electron chi connectivity index (χ0n) is 17.9. The molecule has 2 fully saturated rings. The molecule has 1 saturated carbocycles. The van der Waals surface area contributed by atoms with Crippen LogP contribution in [-0.4, -0.2) is 43.2 Å². The average molecular weight is 391 g/mol. The Hall–Kier alpha value is -2.00. The highest BCUT2D eigenvalue weighted by atomic mass is 16.3. The van der Waals surface area contributed by atoms with E-state index in [2.05, 4.69) is 60.3 Å².